The lowest BCUT2D eigenvalue weighted by Gasteiger charge is -2.23. The number of likely N-dealkylation sites (tertiary alicyclic amines) is 1. The van der Waals surface area contributed by atoms with Crippen molar-refractivity contribution in [1.29, 1.82) is 0 Å². The van der Waals surface area contributed by atoms with Gasteiger partial charge in [-0.15, -0.1) is 16.4 Å². The maximum absolute atomic E-state index is 12.5. The summed E-state index contributed by atoms with van der Waals surface area (Å²) < 4.78 is 1.73. The molecule has 0 saturated carbocycles. The minimum Gasteiger partial charge on any atom is -0.354 e. The molecule has 1 saturated heterocycles. The monoisotopic (exact) mass is 467 g/mol. The lowest BCUT2D eigenvalue weighted by molar-refractivity contribution is -0.115. The van der Waals surface area contributed by atoms with E-state index in [0.717, 1.165) is 53.4 Å². The number of nitrogens with one attached hydrogen (secondary N) is 2. The normalized spacial score (nSPS) is 16.2. The van der Waals surface area contributed by atoms with E-state index in [1.54, 1.807) is 17.9 Å². The number of hydrogen-bond donors (Lipinski definition) is 2. The number of aromatic nitrogens is 4. The summed E-state index contributed by atoms with van der Waals surface area (Å²) in [5, 5.41) is 16.5. The van der Waals surface area contributed by atoms with Crippen molar-refractivity contribution < 1.29 is 9.59 Å². The summed E-state index contributed by atoms with van der Waals surface area (Å²) in [6.45, 7) is 6.40. The topological polar surface area (TPSA) is 105 Å². The van der Waals surface area contributed by atoms with E-state index in [1.165, 1.54) is 11.3 Å². The van der Waals surface area contributed by atoms with Crippen molar-refractivity contribution in [3.8, 4) is 0 Å². The third kappa shape index (κ3) is 5.82. The van der Waals surface area contributed by atoms with Gasteiger partial charge in [-0.2, -0.15) is 0 Å². The molecule has 9 nitrogen and oxygen atoms in total. The second-order valence-corrected chi connectivity index (χ2v) is 9.39. The van der Waals surface area contributed by atoms with E-state index in [9.17, 15) is 9.59 Å². The first-order valence-corrected chi connectivity index (χ1v) is 12.0. The van der Waals surface area contributed by atoms with Crippen molar-refractivity contribution in [3.63, 3.8) is 0 Å². The summed E-state index contributed by atoms with van der Waals surface area (Å²) >= 11 is 1.52. The van der Waals surface area contributed by atoms with Gasteiger partial charge in [-0.25, -0.2) is 4.98 Å². The Morgan fingerprint density at radius 1 is 1.27 bits per heavy atom. The third-order valence-electron chi connectivity index (χ3n) is 5.84. The van der Waals surface area contributed by atoms with E-state index >= 15 is 0 Å². The summed E-state index contributed by atoms with van der Waals surface area (Å²) in [5.41, 5.74) is 4.31. The third-order valence-corrected chi connectivity index (χ3v) is 6.74. The second-order valence-electron chi connectivity index (χ2n) is 8.45. The Hall–Kier alpha value is -3.11. The minimum absolute atomic E-state index is 0.0539. The van der Waals surface area contributed by atoms with Gasteiger partial charge in [0, 0.05) is 30.7 Å². The molecule has 1 atom stereocenters. The number of rotatable bonds is 8. The maximum Gasteiger partial charge on any atom is 0.273 e. The molecule has 33 heavy (non-hydrogen) atoms. The summed E-state index contributed by atoms with van der Waals surface area (Å²) in [4.78, 5) is 31.3. The highest BCUT2D eigenvalue weighted by Crippen LogP contribution is 2.23. The van der Waals surface area contributed by atoms with Crippen molar-refractivity contribution in [1.82, 2.24) is 30.2 Å². The highest BCUT2D eigenvalue weighted by atomic mass is 32.1. The number of carbonyl (C=O) groups excluding carboxylic acids is 2. The maximum atomic E-state index is 12.5. The predicted molar refractivity (Wildman–Crippen MR) is 127 cm³/mol. The molecule has 0 spiro atoms. The van der Waals surface area contributed by atoms with E-state index in [4.69, 9.17) is 4.98 Å². The molecular weight excluding hydrogens is 438 g/mol. The fraction of sp³-hybridized carbons (Fsp3) is 0.435. The molecule has 4 rings (SSSR count). The molecule has 0 aliphatic carbocycles. The summed E-state index contributed by atoms with van der Waals surface area (Å²) in [6.07, 6.45) is 4.12. The van der Waals surface area contributed by atoms with Crippen LogP contribution in [0.25, 0.3) is 0 Å². The van der Waals surface area contributed by atoms with Crippen LogP contribution in [-0.4, -0.2) is 56.3 Å². The van der Waals surface area contributed by atoms with E-state index < -0.39 is 0 Å². The average molecular weight is 468 g/mol. The minimum atomic E-state index is -0.235. The van der Waals surface area contributed by atoms with Crippen LogP contribution in [0, 0.1) is 13.8 Å². The van der Waals surface area contributed by atoms with Gasteiger partial charge in [-0.3, -0.25) is 19.2 Å². The number of hydrogen-bond acceptors (Lipinski definition) is 7. The van der Waals surface area contributed by atoms with Gasteiger partial charge in [-0.05, 0) is 50.4 Å². The van der Waals surface area contributed by atoms with Crippen LogP contribution in [0.1, 0.15) is 45.2 Å². The molecule has 174 valence electrons. The van der Waals surface area contributed by atoms with Crippen molar-refractivity contribution >= 4 is 28.8 Å². The zero-order chi connectivity index (χ0) is 23.4. The fourth-order valence-electron chi connectivity index (χ4n) is 4.06. The first-order chi connectivity index (χ1) is 15.9. The van der Waals surface area contributed by atoms with Crippen LogP contribution in [-0.2, 0) is 24.3 Å². The number of thiazole rings is 1. The van der Waals surface area contributed by atoms with Crippen molar-refractivity contribution in [3.05, 3.63) is 57.3 Å². The first kappa shape index (κ1) is 23.1. The van der Waals surface area contributed by atoms with Crippen LogP contribution in [0.5, 0.6) is 0 Å². The van der Waals surface area contributed by atoms with Gasteiger partial charge in [0.05, 0.1) is 24.9 Å². The molecule has 1 unspecified atom stereocenters. The molecule has 0 radical (unpaired) electrons. The summed E-state index contributed by atoms with van der Waals surface area (Å²) in [6, 6.07) is 6.34. The van der Waals surface area contributed by atoms with E-state index in [1.807, 2.05) is 37.4 Å². The van der Waals surface area contributed by atoms with Crippen molar-refractivity contribution in [2.24, 2.45) is 0 Å². The van der Waals surface area contributed by atoms with Crippen LogP contribution in [0.4, 0.5) is 5.69 Å². The van der Waals surface area contributed by atoms with Gasteiger partial charge in [0.25, 0.3) is 5.91 Å². The van der Waals surface area contributed by atoms with Gasteiger partial charge in [0.15, 0.2) is 5.69 Å². The SMILES string of the molecule is CNC(=O)c1cn(CC2CCCN2Cc2csc(CC(=O)Nc3cc(C)ccc3C)n2)nn1. The molecule has 3 heterocycles. The Morgan fingerprint density at radius 3 is 2.94 bits per heavy atom. The van der Waals surface area contributed by atoms with Gasteiger partial charge >= 0.3 is 0 Å². The van der Waals surface area contributed by atoms with Crippen LogP contribution in [0.15, 0.2) is 29.8 Å². The molecule has 0 bridgehead atoms. The van der Waals surface area contributed by atoms with Gasteiger partial charge < -0.3 is 10.6 Å². The Balaban J connectivity index is 1.32. The van der Waals surface area contributed by atoms with Crippen LogP contribution in [0.2, 0.25) is 0 Å². The fourth-order valence-corrected chi connectivity index (χ4v) is 4.84. The predicted octanol–water partition coefficient (Wildman–Crippen LogP) is 2.56. The molecule has 10 heteroatoms. The standard InChI is InChI=1S/C23H29N7O2S/c1-15-6-7-16(2)19(9-15)26-21(31)10-22-25-17(14-33-22)11-29-8-4-5-18(29)12-30-13-20(27-28-30)23(32)24-3/h6-7,9,13-14,18H,4-5,8,10-12H2,1-3H3,(H,24,32)(H,26,31). The van der Waals surface area contributed by atoms with Gasteiger partial charge in [0.2, 0.25) is 5.91 Å². The Kier molecular flexibility index (Phi) is 7.14. The number of carbonyl (C=O) groups is 2. The van der Waals surface area contributed by atoms with E-state index in [-0.39, 0.29) is 18.2 Å². The van der Waals surface area contributed by atoms with Gasteiger partial charge in [0.1, 0.15) is 5.01 Å². The Morgan fingerprint density at radius 2 is 2.12 bits per heavy atom. The number of nitrogens with zero attached hydrogens (tertiary/aromatic N) is 5. The largest absolute Gasteiger partial charge is 0.354 e. The number of amides is 2. The van der Waals surface area contributed by atoms with Gasteiger partial charge in [-0.1, -0.05) is 17.3 Å². The molecular formula is C23H29N7O2S. The Labute approximate surface area is 197 Å². The first-order valence-electron chi connectivity index (χ1n) is 11.1. The highest BCUT2D eigenvalue weighted by Gasteiger charge is 2.26. The summed E-state index contributed by atoms with van der Waals surface area (Å²) in [5.74, 6) is -0.289. The molecule has 2 amide bonds. The number of benzene rings is 1. The molecule has 2 aromatic heterocycles. The summed E-state index contributed by atoms with van der Waals surface area (Å²) in [7, 11) is 1.58. The van der Waals surface area contributed by atoms with E-state index in [0.29, 0.717) is 18.3 Å². The molecule has 3 aromatic rings. The van der Waals surface area contributed by atoms with E-state index in [2.05, 4.69) is 25.8 Å². The molecule has 2 N–H and O–H groups in total. The molecule has 1 fully saturated rings. The lowest BCUT2D eigenvalue weighted by atomic mass is 10.1. The molecule has 1 aliphatic heterocycles. The lowest BCUT2D eigenvalue weighted by Crippen LogP contribution is -2.32. The van der Waals surface area contributed by atoms with Crippen molar-refractivity contribution in [2.45, 2.75) is 52.2 Å². The number of anilines is 1. The second kappa shape index (κ2) is 10.2. The quantitative estimate of drug-likeness (QED) is 0.528. The molecule has 1 aromatic carbocycles. The highest BCUT2D eigenvalue weighted by molar-refractivity contribution is 7.09. The van der Waals surface area contributed by atoms with Crippen molar-refractivity contribution in [2.75, 3.05) is 18.9 Å². The number of aryl methyl sites for hydroxylation is 2. The van der Waals surface area contributed by atoms with Crippen LogP contribution >= 0.6 is 11.3 Å². The average Bonchev–Trinajstić information content (AvgIpc) is 3.53. The Bertz CT molecular complexity index is 1140. The molecule has 1 aliphatic rings. The zero-order valence-corrected chi connectivity index (χ0v) is 20.0. The zero-order valence-electron chi connectivity index (χ0n) is 19.2. The van der Waals surface area contributed by atoms with Crippen LogP contribution in [0.3, 0.4) is 0 Å². The smallest absolute Gasteiger partial charge is 0.273 e. The van der Waals surface area contributed by atoms with Crippen LogP contribution < -0.4 is 10.6 Å².